The summed E-state index contributed by atoms with van der Waals surface area (Å²) in [6.07, 6.45) is 0. The molecule has 0 unspecified atom stereocenters. The summed E-state index contributed by atoms with van der Waals surface area (Å²) in [5.41, 5.74) is 0.667. The van der Waals surface area contributed by atoms with E-state index in [1.54, 1.807) is 24.3 Å². The average molecular weight is 318 g/mol. The first-order valence-electron chi connectivity index (χ1n) is 5.58. The second-order valence-electron chi connectivity index (χ2n) is 4.03. The molecule has 1 N–H and O–H groups in total. The maximum atomic E-state index is 13.4. The van der Waals surface area contributed by atoms with Crippen molar-refractivity contribution in [1.82, 2.24) is 4.72 Å². The highest BCUT2D eigenvalue weighted by Gasteiger charge is 2.19. The first kappa shape index (κ1) is 14.9. The van der Waals surface area contributed by atoms with Gasteiger partial charge in [-0.3, -0.25) is 0 Å². The Balaban J connectivity index is 2.17. The Morgan fingerprint density at radius 2 is 1.70 bits per heavy atom. The van der Waals surface area contributed by atoms with Crippen LogP contribution in [0, 0.1) is 11.6 Å². The summed E-state index contributed by atoms with van der Waals surface area (Å²) in [5, 5.41) is 0.529. The molecule has 2 aromatic rings. The number of hydrogen-bond donors (Lipinski definition) is 1. The number of benzene rings is 2. The Morgan fingerprint density at radius 3 is 2.30 bits per heavy atom. The Hall–Kier alpha value is -1.50. The summed E-state index contributed by atoms with van der Waals surface area (Å²) in [5.74, 6) is -1.97. The van der Waals surface area contributed by atoms with Gasteiger partial charge in [-0.1, -0.05) is 23.7 Å². The van der Waals surface area contributed by atoms with Gasteiger partial charge in [-0.2, -0.15) is 0 Å². The Kier molecular flexibility index (Phi) is 4.37. The molecule has 0 aromatic heterocycles. The molecule has 0 saturated heterocycles. The maximum absolute atomic E-state index is 13.4. The topological polar surface area (TPSA) is 46.2 Å². The minimum Gasteiger partial charge on any atom is -0.207 e. The molecule has 0 heterocycles. The lowest BCUT2D eigenvalue weighted by molar-refractivity contribution is 0.543. The average Bonchev–Trinajstić information content (AvgIpc) is 2.37. The first-order chi connectivity index (χ1) is 9.38. The third-order valence-electron chi connectivity index (χ3n) is 2.56. The molecule has 0 atom stereocenters. The minimum absolute atomic E-state index is 0.0175. The molecule has 0 fully saturated rings. The van der Waals surface area contributed by atoms with Crippen LogP contribution in [0.3, 0.4) is 0 Å². The van der Waals surface area contributed by atoms with E-state index >= 15 is 0 Å². The molecule has 0 radical (unpaired) electrons. The summed E-state index contributed by atoms with van der Waals surface area (Å²) < 4.78 is 52.3. The molecule has 7 heteroatoms. The normalized spacial score (nSPS) is 11.6. The predicted molar refractivity (Wildman–Crippen MR) is 71.8 cm³/mol. The van der Waals surface area contributed by atoms with Gasteiger partial charge in [0.2, 0.25) is 10.0 Å². The molecule has 3 nitrogen and oxygen atoms in total. The molecule has 2 rings (SSSR count). The standard InChI is InChI=1S/C13H10ClF2NO2S/c14-10-3-1-9(2-4-10)8-17-20(18,19)13-6-5-11(15)7-12(13)16/h1-7,17H,8H2. The van der Waals surface area contributed by atoms with Crippen molar-refractivity contribution in [3.8, 4) is 0 Å². The fraction of sp³-hybridized carbons (Fsp3) is 0.0769. The minimum atomic E-state index is -4.04. The van der Waals surface area contributed by atoms with Crippen molar-refractivity contribution in [1.29, 1.82) is 0 Å². The van der Waals surface area contributed by atoms with Crippen LogP contribution in [0.15, 0.2) is 47.4 Å². The van der Waals surface area contributed by atoms with Crippen molar-refractivity contribution in [3.05, 3.63) is 64.7 Å². The van der Waals surface area contributed by atoms with E-state index in [1.807, 2.05) is 0 Å². The van der Waals surface area contributed by atoms with Crippen LogP contribution in [0.5, 0.6) is 0 Å². The third-order valence-corrected chi connectivity index (χ3v) is 4.25. The van der Waals surface area contributed by atoms with Crippen LogP contribution in [0.25, 0.3) is 0 Å². The molecule has 106 valence electrons. The number of hydrogen-bond acceptors (Lipinski definition) is 2. The van der Waals surface area contributed by atoms with Gasteiger partial charge < -0.3 is 0 Å². The van der Waals surface area contributed by atoms with Crippen molar-refractivity contribution in [2.24, 2.45) is 0 Å². The number of sulfonamides is 1. The lowest BCUT2D eigenvalue weighted by Gasteiger charge is -2.08. The smallest absolute Gasteiger partial charge is 0.207 e. The van der Waals surface area contributed by atoms with Gasteiger partial charge in [-0.25, -0.2) is 21.9 Å². The van der Waals surface area contributed by atoms with E-state index in [0.29, 0.717) is 16.7 Å². The van der Waals surface area contributed by atoms with Gasteiger partial charge in [0.1, 0.15) is 16.5 Å². The number of nitrogens with one attached hydrogen (secondary N) is 1. The zero-order valence-corrected chi connectivity index (χ0v) is 11.7. The molecule has 2 aromatic carbocycles. The van der Waals surface area contributed by atoms with Crippen LogP contribution in [0.4, 0.5) is 8.78 Å². The molecule has 0 spiro atoms. The van der Waals surface area contributed by atoms with E-state index in [1.165, 1.54) is 0 Å². The van der Waals surface area contributed by atoms with Crippen molar-refractivity contribution in [3.63, 3.8) is 0 Å². The third kappa shape index (κ3) is 3.53. The van der Waals surface area contributed by atoms with E-state index in [0.717, 1.165) is 12.1 Å². The quantitative estimate of drug-likeness (QED) is 0.942. The largest absolute Gasteiger partial charge is 0.243 e. The van der Waals surface area contributed by atoms with Crippen LogP contribution >= 0.6 is 11.6 Å². The summed E-state index contributed by atoms with van der Waals surface area (Å²) in [4.78, 5) is -0.590. The van der Waals surface area contributed by atoms with Gasteiger partial charge in [0.05, 0.1) is 0 Å². The first-order valence-corrected chi connectivity index (χ1v) is 7.44. The van der Waals surface area contributed by atoms with Crippen LogP contribution in [-0.2, 0) is 16.6 Å². The SMILES string of the molecule is O=S(=O)(NCc1ccc(Cl)cc1)c1ccc(F)cc1F. The number of halogens is 3. The monoisotopic (exact) mass is 317 g/mol. The van der Waals surface area contributed by atoms with E-state index in [2.05, 4.69) is 4.72 Å². The predicted octanol–water partition coefficient (Wildman–Crippen LogP) is 3.10. The summed E-state index contributed by atoms with van der Waals surface area (Å²) >= 11 is 5.71. The lowest BCUT2D eigenvalue weighted by Crippen LogP contribution is -2.24. The molecule has 0 saturated carbocycles. The van der Waals surface area contributed by atoms with Crippen molar-refractivity contribution < 1.29 is 17.2 Å². The molecule has 0 aliphatic rings. The molecule has 0 aliphatic heterocycles. The molecular formula is C13H10ClF2NO2S. The molecular weight excluding hydrogens is 308 g/mol. The van der Waals surface area contributed by atoms with Crippen molar-refractivity contribution >= 4 is 21.6 Å². The van der Waals surface area contributed by atoms with Crippen molar-refractivity contribution in [2.45, 2.75) is 11.4 Å². The summed E-state index contributed by atoms with van der Waals surface area (Å²) in [6, 6.07) is 8.82. The molecule has 0 aliphatic carbocycles. The van der Waals surface area contributed by atoms with Gasteiger partial charge >= 0.3 is 0 Å². The zero-order valence-electron chi connectivity index (χ0n) is 10.1. The Bertz CT molecular complexity index is 718. The second-order valence-corrected chi connectivity index (χ2v) is 6.20. The van der Waals surface area contributed by atoms with E-state index in [-0.39, 0.29) is 6.54 Å². The van der Waals surface area contributed by atoms with Crippen LogP contribution in [0.2, 0.25) is 5.02 Å². The summed E-state index contributed by atoms with van der Waals surface area (Å²) in [7, 11) is -4.04. The highest BCUT2D eigenvalue weighted by atomic mass is 35.5. The van der Waals surface area contributed by atoms with Gasteiger partial charge in [0.15, 0.2) is 0 Å². The number of rotatable bonds is 4. The highest BCUT2D eigenvalue weighted by Crippen LogP contribution is 2.16. The van der Waals surface area contributed by atoms with Crippen LogP contribution < -0.4 is 4.72 Å². The van der Waals surface area contributed by atoms with Crippen LogP contribution in [0.1, 0.15) is 5.56 Å². The fourth-order valence-corrected chi connectivity index (χ4v) is 2.75. The second kappa shape index (κ2) is 5.87. The van der Waals surface area contributed by atoms with Gasteiger partial charge in [0.25, 0.3) is 0 Å². The van der Waals surface area contributed by atoms with Crippen molar-refractivity contribution in [2.75, 3.05) is 0 Å². The van der Waals surface area contributed by atoms with Gasteiger partial charge in [0, 0.05) is 17.6 Å². The Labute approximate surface area is 120 Å². The molecule has 0 amide bonds. The van der Waals surface area contributed by atoms with Gasteiger partial charge in [-0.05, 0) is 29.8 Å². The van der Waals surface area contributed by atoms with E-state index in [9.17, 15) is 17.2 Å². The highest BCUT2D eigenvalue weighted by molar-refractivity contribution is 7.89. The van der Waals surface area contributed by atoms with E-state index < -0.39 is 26.6 Å². The maximum Gasteiger partial charge on any atom is 0.243 e. The zero-order chi connectivity index (χ0) is 14.8. The Morgan fingerprint density at radius 1 is 1.05 bits per heavy atom. The van der Waals surface area contributed by atoms with E-state index in [4.69, 9.17) is 11.6 Å². The molecule has 20 heavy (non-hydrogen) atoms. The summed E-state index contributed by atoms with van der Waals surface area (Å²) in [6.45, 7) is -0.0175. The van der Waals surface area contributed by atoms with Gasteiger partial charge in [-0.15, -0.1) is 0 Å². The van der Waals surface area contributed by atoms with Crippen LogP contribution in [-0.4, -0.2) is 8.42 Å². The fourth-order valence-electron chi connectivity index (χ4n) is 1.55. The molecule has 0 bridgehead atoms. The lowest BCUT2D eigenvalue weighted by atomic mass is 10.2.